The van der Waals surface area contributed by atoms with Crippen molar-refractivity contribution in [2.24, 2.45) is 0 Å². The zero-order valence-electron chi connectivity index (χ0n) is 9.54. The summed E-state index contributed by atoms with van der Waals surface area (Å²) in [6.07, 6.45) is 3.63. The Morgan fingerprint density at radius 3 is 2.73 bits per heavy atom. The van der Waals surface area contributed by atoms with Crippen LogP contribution in [0.2, 0.25) is 0 Å². The summed E-state index contributed by atoms with van der Waals surface area (Å²) in [6, 6.07) is 0. The first-order valence-electron chi connectivity index (χ1n) is 4.91. The SMILES string of the molecule is CC(C)(C)SCCNCc1ncc[nH]1.Cl. The van der Waals surface area contributed by atoms with Gasteiger partial charge in [0.05, 0.1) is 6.54 Å². The van der Waals surface area contributed by atoms with Crippen molar-refractivity contribution in [1.29, 1.82) is 0 Å². The molecule has 0 saturated carbocycles. The minimum Gasteiger partial charge on any atom is -0.348 e. The lowest BCUT2D eigenvalue weighted by Gasteiger charge is -2.17. The number of aromatic amines is 1. The number of thioether (sulfide) groups is 1. The van der Waals surface area contributed by atoms with Crippen molar-refractivity contribution >= 4 is 24.2 Å². The van der Waals surface area contributed by atoms with Gasteiger partial charge in [0.15, 0.2) is 0 Å². The van der Waals surface area contributed by atoms with Gasteiger partial charge in [-0.25, -0.2) is 4.98 Å². The molecule has 0 aliphatic heterocycles. The van der Waals surface area contributed by atoms with E-state index in [1.807, 2.05) is 18.0 Å². The maximum Gasteiger partial charge on any atom is 0.120 e. The quantitative estimate of drug-likeness (QED) is 0.788. The molecule has 3 nitrogen and oxygen atoms in total. The van der Waals surface area contributed by atoms with Crippen LogP contribution in [-0.4, -0.2) is 27.0 Å². The summed E-state index contributed by atoms with van der Waals surface area (Å²) in [5, 5.41) is 3.35. The van der Waals surface area contributed by atoms with Crippen LogP contribution in [-0.2, 0) is 6.54 Å². The van der Waals surface area contributed by atoms with Crippen molar-refractivity contribution in [3.63, 3.8) is 0 Å². The second-order valence-corrected chi connectivity index (χ2v) is 6.10. The van der Waals surface area contributed by atoms with Crippen LogP contribution in [0.15, 0.2) is 12.4 Å². The van der Waals surface area contributed by atoms with E-state index in [0.29, 0.717) is 4.75 Å². The van der Waals surface area contributed by atoms with Gasteiger partial charge in [-0.15, -0.1) is 12.4 Å². The molecule has 0 aromatic carbocycles. The molecular weight excluding hydrogens is 230 g/mol. The fraction of sp³-hybridized carbons (Fsp3) is 0.700. The Morgan fingerprint density at radius 2 is 2.20 bits per heavy atom. The number of imidazole rings is 1. The smallest absolute Gasteiger partial charge is 0.120 e. The summed E-state index contributed by atoms with van der Waals surface area (Å²) >= 11 is 1.98. The van der Waals surface area contributed by atoms with E-state index < -0.39 is 0 Å². The third-order valence-corrected chi connectivity index (χ3v) is 2.94. The molecule has 15 heavy (non-hydrogen) atoms. The van der Waals surface area contributed by atoms with E-state index in [1.54, 1.807) is 6.20 Å². The van der Waals surface area contributed by atoms with Gasteiger partial charge in [-0.05, 0) is 0 Å². The largest absolute Gasteiger partial charge is 0.348 e. The van der Waals surface area contributed by atoms with Crippen LogP contribution in [0.4, 0.5) is 0 Å². The molecule has 2 N–H and O–H groups in total. The summed E-state index contributed by atoms with van der Waals surface area (Å²) < 4.78 is 0.367. The summed E-state index contributed by atoms with van der Waals surface area (Å²) in [7, 11) is 0. The molecule has 0 unspecified atom stereocenters. The van der Waals surface area contributed by atoms with Gasteiger partial charge in [-0.1, -0.05) is 20.8 Å². The van der Waals surface area contributed by atoms with Crippen LogP contribution in [0.5, 0.6) is 0 Å². The predicted molar refractivity (Wildman–Crippen MR) is 69.8 cm³/mol. The van der Waals surface area contributed by atoms with Crippen LogP contribution in [0, 0.1) is 0 Å². The van der Waals surface area contributed by atoms with E-state index in [1.165, 1.54) is 0 Å². The van der Waals surface area contributed by atoms with Gasteiger partial charge in [0.25, 0.3) is 0 Å². The fourth-order valence-corrected chi connectivity index (χ4v) is 1.89. The molecule has 1 rings (SSSR count). The van der Waals surface area contributed by atoms with E-state index in [-0.39, 0.29) is 12.4 Å². The number of H-pyrrole nitrogens is 1. The lowest BCUT2D eigenvalue weighted by molar-refractivity contribution is 0.699. The molecule has 5 heteroatoms. The van der Waals surface area contributed by atoms with Crippen LogP contribution >= 0.6 is 24.2 Å². The zero-order valence-corrected chi connectivity index (χ0v) is 11.2. The standard InChI is InChI=1S/C10H19N3S.ClH/c1-10(2,3)14-7-6-11-8-9-12-4-5-13-9;/h4-5,11H,6-8H2,1-3H3,(H,12,13);1H. The van der Waals surface area contributed by atoms with Gasteiger partial charge in [-0.3, -0.25) is 0 Å². The van der Waals surface area contributed by atoms with Gasteiger partial charge in [0, 0.05) is 29.4 Å². The first kappa shape index (κ1) is 14.8. The molecule has 0 fully saturated rings. The number of halogens is 1. The number of nitrogens with zero attached hydrogens (tertiary/aromatic N) is 1. The molecule has 0 bridgehead atoms. The van der Waals surface area contributed by atoms with Crippen LogP contribution in [0.3, 0.4) is 0 Å². The molecule has 88 valence electrons. The highest BCUT2D eigenvalue weighted by molar-refractivity contribution is 8.00. The third-order valence-electron chi connectivity index (χ3n) is 1.66. The summed E-state index contributed by atoms with van der Waals surface area (Å²) in [6.45, 7) is 8.58. The lowest BCUT2D eigenvalue weighted by atomic mass is 10.3. The van der Waals surface area contributed by atoms with E-state index in [4.69, 9.17) is 0 Å². The monoisotopic (exact) mass is 249 g/mol. The first-order valence-corrected chi connectivity index (χ1v) is 5.89. The van der Waals surface area contributed by atoms with Crippen molar-refractivity contribution in [2.75, 3.05) is 12.3 Å². The predicted octanol–water partition coefficient (Wildman–Crippen LogP) is 2.45. The second-order valence-electron chi connectivity index (χ2n) is 4.17. The van der Waals surface area contributed by atoms with Crippen LogP contribution < -0.4 is 5.32 Å². The molecule has 1 aromatic rings. The van der Waals surface area contributed by atoms with Gasteiger partial charge in [0.2, 0.25) is 0 Å². The molecule has 0 spiro atoms. The highest BCUT2D eigenvalue weighted by atomic mass is 35.5. The number of hydrogen-bond donors (Lipinski definition) is 2. The lowest BCUT2D eigenvalue weighted by Crippen LogP contribution is -2.20. The van der Waals surface area contributed by atoms with Gasteiger partial charge in [-0.2, -0.15) is 11.8 Å². The van der Waals surface area contributed by atoms with E-state index >= 15 is 0 Å². The van der Waals surface area contributed by atoms with Gasteiger partial charge < -0.3 is 10.3 Å². The molecule has 0 aliphatic rings. The highest BCUT2D eigenvalue weighted by Gasteiger charge is 2.08. The molecular formula is C10H20ClN3S. The average molecular weight is 250 g/mol. The Kier molecular flexibility index (Phi) is 7.05. The Labute approximate surface area is 102 Å². The second kappa shape index (κ2) is 7.14. The molecule has 0 aliphatic carbocycles. The molecule has 1 heterocycles. The fourth-order valence-electron chi connectivity index (χ4n) is 1.03. The normalized spacial score (nSPS) is 11.1. The van der Waals surface area contributed by atoms with Crippen molar-refractivity contribution in [1.82, 2.24) is 15.3 Å². The Hall–Kier alpha value is -0.190. The minimum atomic E-state index is 0. The van der Waals surface area contributed by atoms with E-state index in [9.17, 15) is 0 Å². The molecule has 0 radical (unpaired) electrons. The van der Waals surface area contributed by atoms with Crippen molar-refractivity contribution < 1.29 is 0 Å². The Bertz CT molecular complexity index is 244. The molecule has 1 aromatic heterocycles. The maximum absolute atomic E-state index is 4.14. The minimum absolute atomic E-state index is 0. The average Bonchev–Trinajstić information content (AvgIpc) is 2.54. The van der Waals surface area contributed by atoms with Crippen molar-refractivity contribution in [3.05, 3.63) is 18.2 Å². The van der Waals surface area contributed by atoms with Crippen molar-refractivity contribution in [2.45, 2.75) is 32.1 Å². The van der Waals surface area contributed by atoms with Gasteiger partial charge >= 0.3 is 0 Å². The summed E-state index contributed by atoms with van der Waals surface area (Å²) in [5.41, 5.74) is 0. The molecule has 0 amide bonds. The number of aromatic nitrogens is 2. The molecule has 0 saturated heterocycles. The number of hydrogen-bond acceptors (Lipinski definition) is 3. The van der Waals surface area contributed by atoms with Crippen LogP contribution in [0.1, 0.15) is 26.6 Å². The molecule has 0 atom stereocenters. The Morgan fingerprint density at radius 1 is 1.47 bits per heavy atom. The number of rotatable bonds is 5. The summed E-state index contributed by atoms with van der Waals surface area (Å²) in [5.74, 6) is 2.15. The van der Waals surface area contributed by atoms with Gasteiger partial charge in [0.1, 0.15) is 5.82 Å². The first-order chi connectivity index (χ1) is 6.58. The maximum atomic E-state index is 4.14. The number of nitrogens with one attached hydrogen (secondary N) is 2. The van der Waals surface area contributed by atoms with Crippen molar-refractivity contribution in [3.8, 4) is 0 Å². The van der Waals surface area contributed by atoms with Crippen LogP contribution in [0.25, 0.3) is 0 Å². The van der Waals surface area contributed by atoms with E-state index in [2.05, 4.69) is 36.1 Å². The summed E-state index contributed by atoms with van der Waals surface area (Å²) in [4.78, 5) is 7.20. The topological polar surface area (TPSA) is 40.7 Å². The highest BCUT2D eigenvalue weighted by Crippen LogP contribution is 2.21. The Balaban J connectivity index is 0.00000196. The van der Waals surface area contributed by atoms with E-state index in [0.717, 1.165) is 24.7 Å². The third kappa shape index (κ3) is 7.71. The zero-order chi connectivity index (χ0) is 10.4.